The van der Waals surface area contributed by atoms with E-state index in [-0.39, 0.29) is 5.69 Å². The van der Waals surface area contributed by atoms with Crippen molar-refractivity contribution in [3.63, 3.8) is 0 Å². The maximum atomic E-state index is 12.3. The molecule has 0 fully saturated rings. The summed E-state index contributed by atoms with van der Waals surface area (Å²) in [6, 6.07) is 1.15. The zero-order valence-electron chi connectivity index (χ0n) is 11.1. The number of aliphatic carboxylic acids is 1. The van der Waals surface area contributed by atoms with Gasteiger partial charge < -0.3 is 19.7 Å². The average molecular weight is 304 g/mol. The lowest BCUT2D eigenvalue weighted by molar-refractivity contribution is -0.147. The van der Waals surface area contributed by atoms with E-state index in [2.05, 4.69) is 10.1 Å². The molecule has 116 valence electrons. The number of halogens is 2. The minimum absolute atomic E-state index is 0.119. The molecule has 9 heteroatoms. The maximum Gasteiger partial charge on any atom is 0.326 e. The van der Waals surface area contributed by atoms with Gasteiger partial charge in [-0.05, 0) is 12.1 Å². The molecule has 21 heavy (non-hydrogen) atoms. The van der Waals surface area contributed by atoms with Crippen molar-refractivity contribution in [2.45, 2.75) is 25.4 Å². The van der Waals surface area contributed by atoms with E-state index < -0.39 is 43.3 Å². The molecule has 1 aromatic heterocycles. The van der Waals surface area contributed by atoms with Crippen LogP contribution in [-0.2, 0) is 20.9 Å². The number of alkyl halides is 2. The van der Waals surface area contributed by atoms with E-state index in [1.807, 2.05) is 0 Å². The Morgan fingerprint density at radius 1 is 1.43 bits per heavy atom. The Morgan fingerprint density at radius 2 is 2.10 bits per heavy atom. The lowest BCUT2D eigenvalue weighted by Gasteiger charge is -2.14. The van der Waals surface area contributed by atoms with Gasteiger partial charge in [0.05, 0.1) is 20.1 Å². The molecule has 0 aliphatic carbocycles. The van der Waals surface area contributed by atoms with Crippen LogP contribution >= 0.6 is 0 Å². The molecule has 1 atom stereocenters. The summed E-state index contributed by atoms with van der Waals surface area (Å²) in [5, 5.41) is 11.0. The first kappa shape index (κ1) is 16.6. The van der Waals surface area contributed by atoms with Crippen LogP contribution in [0.5, 0.6) is 0 Å². The van der Waals surface area contributed by atoms with Crippen LogP contribution in [0, 0.1) is 0 Å². The number of amides is 1. The topological polar surface area (TPSA) is 97.6 Å². The van der Waals surface area contributed by atoms with E-state index in [0.717, 1.165) is 11.7 Å². The summed E-state index contributed by atoms with van der Waals surface area (Å²) < 4.78 is 30.0. The van der Waals surface area contributed by atoms with Gasteiger partial charge in [-0.3, -0.25) is 9.59 Å². The molecule has 1 rings (SSSR count). The monoisotopic (exact) mass is 304 g/mol. The molecule has 0 saturated heterocycles. The summed E-state index contributed by atoms with van der Waals surface area (Å²) in [6.07, 6.45) is -1.95. The Labute approximate surface area is 118 Å². The van der Waals surface area contributed by atoms with Gasteiger partial charge in [0.15, 0.2) is 0 Å². The number of hydrogen-bond donors (Lipinski definition) is 2. The lowest BCUT2D eigenvalue weighted by Crippen LogP contribution is -2.43. The lowest BCUT2D eigenvalue weighted by atomic mass is 10.2. The van der Waals surface area contributed by atoms with Gasteiger partial charge >= 0.3 is 11.9 Å². The minimum atomic E-state index is -2.66. The van der Waals surface area contributed by atoms with Crippen LogP contribution in [0.4, 0.5) is 8.78 Å². The summed E-state index contributed by atoms with van der Waals surface area (Å²) in [6.45, 7) is -0.690. The number of esters is 1. The zero-order chi connectivity index (χ0) is 16.0. The standard InChI is InChI=1S/C12H14F2N2O5/c1-21-10(17)5-7(12(19)20)15-11(18)8-3-2-4-16(8)6-9(13)14/h2-4,7,9H,5-6H2,1H3,(H,15,18)(H,19,20)/t7-/m0/s1. The number of hydrogen-bond acceptors (Lipinski definition) is 4. The highest BCUT2D eigenvalue weighted by Crippen LogP contribution is 2.07. The summed E-state index contributed by atoms with van der Waals surface area (Å²) in [5.41, 5.74) is -0.119. The third kappa shape index (κ3) is 4.86. The van der Waals surface area contributed by atoms with Crippen LogP contribution in [0.25, 0.3) is 0 Å². The normalized spacial score (nSPS) is 12.0. The van der Waals surface area contributed by atoms with Crippen molar-refractivity contribution in [1.29, 1.82) is 0 Å². The number of aromatic nitrogens is 1. The fourth-order valence-corrected chi connectivity index (χ4v) is 1.61. The molecular weight excluding hydrogens is 290 g/mol. The average Bonchev–Trinajstić information content (AvgIpc) is 2.84. The number of ether oxygens (including phenoxy) is 1. The first-order valence-electron chi connectivity index (χ1n) is 5.89. The number of carbonyl (C=O) groups excluding carboxylic acids is 2. The summed E-state index contributed by atoms with van der Waals surface area (Å²) in [7, 11) is 1.08. The molecule has 0 radical (unpaired) electrons. The van der Waals surface area contributed by atoms with Crippen molar-refractivity contribution in [1.82, 2.24) is 9.88 Å². The Bertz CT molecular complexity index is 529. The van der Waals surface area contributed by atoms with E-state index in [1.165, 1.54) is 18.3 Å². The Kier molecular flexibility index (Phi) is 5.82. The molecule has 0 saturated carbocycles. The number of methoxy groups -OCH3 is 1. The van der Waals surface area contributed by atoms with E-state index in [9.17, 15) is 23.2 Å². The number of carboxylic acids is 1. The Balaban J connectivity index is 2.80. The van der Waals surface area contributed by atoms with Crippen molar-refractivity contribution < 1.29 is 33.0 Å². The summed E-state index contributed by atoms with van der Waals surface area (Å²) >= 11 is 0. The molecule has 0 bridgehead atoms. The van der Waals surface area contributed by atoms with E-state index in [1.54, 1.807) is 0 Å². The molecule has 7 nitrogen and oxygen atoms in total. The second-order valence-corrected chi connectivity index (χ2v) is 4.08. The van der Waals surface area contributed by atoms with Gasteiger partial charge in [0.2, 0.25) is 0 Å². The van der Waals surface area contributed by atoms with E-state index in [0.29, 0.717) is 0 Å². The molecule has 0 spiro atoms. The van der Waals surface area contributed by atoms with Crippen LogP contribution in [0.3, 0.4) is 0 Å². The van der Waals surface area contributed by atoms with Gasteiger partial charge in [-0.25, -0.2) is 13.6 Å². The van der Waals surface area contributed by atoms with Gasteiger partial charge in [0.1, 0.15) is 11.7 Å². The molecule has 0 aromatic carbocycles. The molecule has 0 aliphatic heterocycles. The Morgan fingerprint density at radius 3 is 2.62 bits per heavy atom. The fraction of sp³-hybridized carbons (Fsp3) is 0.417. The van der Waals surface area contributed by atoms with Gasteiger partial charge in [-0.15, -0.1) is 0 Å². The SMILES string of the molecule is COC(=O)C[C@H](NC(=O)c1cccn1CC(F)F)C(=O)O. The number of rotatable bonds is 7. The highest BCUT2D eigenvalue weighted by atomic mass is 19.3. The number of carbonyl (C=O) groups is 3. The highest BCUT2D eigenvalue weighted by Gasteiger charge is 2.25. The first-order chi connectivity index (χ1) is 9.85. The number of carboxylic acid groups (broad SMARTS) is 1. The van der Waals surface area contributed by atoms with Crippen LogP contribution in [0.2, 0.25) is 0 Å². The molecule has 1 heterocycles. The number of nitrogens with zero attached hydrogens (tertiary/aromatic N) is 1. The fourth-order valence-electron chi connectivity index (χ4n) is 1.61. The van der Waals surface area contributed by atoms with Crippen molar-refractivity contribution in [2.75, 3.05) is 7.11 Å². The third-order valence-electron chi connectivity index (χ3n) is 2.60. The van der Waals surface area contributed by atoms with E-state index in [4.69, 9.17) is 5.11 Å². The third-order valence-corrected chi connectivity index (χ3v) is 2.60. The smallest absolute Gasteiger partial charge is 0.326 e. The molecule has 2 N–H and O–H groups in total. The van der Waals surface area contributed by atoms with Crippen LogP contribution in [0.1, 0.15) is 16.9 Å². The van der Waals surface area contributed by atoms with Gasteiger partial charge in [0, 0.05) is 6.20 Å². The second-order valence-electron chi connectivity index (χ2n) is 4.08. The molecule has 0 unspecified atom stereocenters. The predicted octanol–water partition coefficient (Wildman–Crippen LogP) is 0.499. The predicted molar refractivity (Wildman–Crippen MR) is 66.0 cm³/mol. The first-order valence-corrected chi connectivity index (χ1v) is 5.89. The quantitative estimate of drug-likeness (QED) is 0.715. The zero-order valence-corrected chi connectivity index (χ0v) is 11.1. The molecule has 1 aromatic rings. The van der Waals surface area contributed by atoms with Gasteiger partial charge in [0.25, 0.3) is 12.3 Å². The van der Waals surface area contributed by atoms with Crippen molar-refractivity contribution >= 4 is 17.8 Å². The van der Waals surface area contributed by atoms with Crippen molar-refractivity contribution in [3.05, 3.63) is 24.0 Å². The largest absolute Gasteiger partial charge is 0.480 e. The summed E-state index contributed by atoms with van der Waals surface area (Å²) in [4.78, 5) is 33.9. The van der Waals surface area contributed by atoms with Crippen LogP contribution in [0.15, 0.2) is 18.3 Å². The van der Waals surface area contributed by atoms with Crippen LogP contribution < -0.4 is 5.32 Å². The van der Waals surface area contributed by atoms with Gasteiger partial charge in [-0.1, -0.05) is 0 Å². The summed E-state index contributed by atoms with van der Waals surface area (Å²) in [5.74, 6) is -3.11. The van der Waals surface area contributed by atoms with Gasteiger partial charge in [-0.2, -0.15) is 0 Å². The van der Waals surface area contributed by atoms with Crippen molar-refractivity contribution in [3.8, 4) is 0 Å². The Hall–Kier alpha value is -2.45. The van der Waals surface area contributed by atoms with E-state index >= 15 is 0 Å². The minimum Gasteiger partial charge on any atom is -0.480 e. The second kappa shape index (κ2) is 7.36. The van der Waals surface area contributed by atoms with Crippen molar-refractivity contribution in [2.24, 2.45) is 0 Å². The van der Waals surface area contributed by atoms with Crippen LogP contribution in [-0.4, -0.2) is 47.1 Å². The highest BCUT2D eigenvalue weighted by molar-refractivity contribution is 5.96. The molecular formula is C12H14F2N2O5. The molecule has 0 aliphatic rings. The maximum absolute atomic E-state index is 12.3. The molecule has 1 amide bonds. The number of nitrogens with one attached hydrogen (secondary N) is 1.